The Labute approximate surface area is 129 Å². The van der Waals surface area contributed by atoms with E-state index in [1.165, 1.54) is 18.2 Å². The first-order chi connectivity index (χ1) is 9.04. The van der Waals surface area contributed by atoms with Crippen LogP contribution in [0.1, 0.15) is 18.4 Å². The summed E-state index contributed by atoms with van der Waals surface area (Å²) in [5, 5.41) is 12.3. The zero-order chi connectivity index (χ0) is 13.9. The lowest BCUT2D eigenvalue weighted by atomic mass is 10.2. The highest BCUT2D eigenvalue weighted by Gasteiger charge is 2.22. The van der Waals surface area contributed by atoms with Crippen molar-refractivity contribution < 1.29 is 8.42 Å². The van der Waals surface area contributed by atoms with Gasteiger partial charge in [-0.05, 0) is 31.5 Å². The van der Waals surface area contributed by atoms with Crippen LogP contribution in [-0.2, 0) is 10.0 Å². The summed E-state index contributed by atoms with van der Waals surface area (Å²) in [7, 11) is -3.71. The van der Waals surface area contributed by atoms with Crippen LogP contribution in [0.3, 0.4) is 0 Å². The van der Waals surface area contributed by atoms with E-state index in [0.29, 0.717) is 6.54 Å². The molecule has 1 aromatic rings. The maximum Gasteiger partial charge on any atom is 0.241 e. The lowest BCUT2D eigenvalue weighted by Crippen LogP contribution is -2.37. The highest BCUT2D eigenvalue weighted by Crippen LogP contribution is 2.22. The first-order valence-electron chi connectivity index (χ1n) is 5.96. The molecule has 1 saturated heterocycles. The van der Waals surface area contributed by atoms with Gasteiger partial charge in [0.05, 0.1) is 10.6 Å². The summed E-state index contributed by atoms with van der Waals surface area (Å²) < 4.78 is 26.9. The van der Waals surface area contributed by atoms with Crippen molar-refractivity contribution in [3.8, 4) is 6.07 Å². The zero-order valence-corrected chi connectivity index (χ0v) is 13.0. The van der Waals surface area contributed by atoms with Crippen LogP contribution in [0.5, 0.6) is 0 Å². The molecule has 20 heavy (non-hydrogen) atoms. The van der Waals surface area contributed by atoms with Gasteiger partial charge in [0, 0.05) is 12.6 Å². The number of nitriles is 1. The maximum absolute atomic E-state index is 12.2. The van der Waals surface area contributed by atoms with Gasteiger partial charge in [0.1, 0.15) is 11.0 Å². The monoisotopic (exact) mass is 335 g/mol. The van der Waals surface area contributed by atoms with Crippen molar-refractivity contribution in [2.75, 3.05) is 13.1 Å². The Kier molecular flexibility index (Phi) is 6.24. The van der Waals surface area contributed by atoms with Crippen LogP contribution in [0.2, 0.25) is 5.02 Å². The van der Waals surface area contributed by atoms with E-state index < -0.39 is 10.0 Å². The zero-order valence-electron chi connectivity index (χ0n) is 10.6. The van der Waals surface area contributed by atoms with E-state index in [1.54, 1.807) is 0 Å². The average Bonchev–Trinajstić information content (AvgIpc) is 2.89. The Balaban J connectivity index is 0.00000200. The van der Waals surface area contributed by atoms with Crippen molar-refractivity contribution in [2.45, 2.75) is 23.8 Å². The minimum atomic E-state index is -3.71. The van der Waals surface area contributed by atoms with E-state index in [1.807, 2.05) is 6.07 Å². The van der Waals surface area contributed by atoms with E-state index in [9.17, 15) is 8.42 Å². The number of nitrogens with one attached hydrogen (secondary N) is 2. The Morgan fingerprint density at radius 3 is 2.85 bits per heavy atom. The van der Waals surface area contributed by atoms with Gasteiger partial charge in [-0.15, -0.1) is 12.4 Å². The minimum absolute atomic E-state index is 0. The molecule has 0 aromatic heterocycles. The number of nitrogens with zero attached hydrogens (tertiary/aromatic N) is 1. The van der Waals surface area contributed by atoms with Gasteiger partial charge >= 0.3 is 0 Å². The molecular weight excluding hydrogens is 321 g/mol. The molecule has 8 heteroatoms. The standard InChI is InChI=1S/C12H14ClN3O2S.ClH/c13-11-4-1-5-12(10(11)7-14)19(17,18)16-8-9-3-2-6-15-9;/h1,4-5,9,15-16H,2-3,6,8H2;1H. The highest BCUT2D eigenvalue weighted by molar-refractivity contribution is 7.89. The van der Waals surface area contributed by atoms with E-state index in [0.717, 1.165) is 19.4 Å². The van der Waals surface area contributed by atoms with E-state index in [2.05, 4.69) is 10.0 Å². The molecule has 1 heterocycles. The quantitative estimate of drug-likeness (QED) is 0.876. The predicted molar refractivity (Wildman–Crippen MR) is 79.6 cm³/mol. The fraction of sp³-hybridized carbons (Fsp3) is 0.417. The molecule has 2 N–H and O–H groups in total. The predicted octanol–water partition coefficient (Wildman–Crippen LogP) is 1.66. The van der Waals surface area contributed by atoms with Crippen molar-refractivity contribution in [2.24, 2.45) is 0 Å². The minimum Gasteiger partial charge on any atom is -0.313 e. The Morgan fingerprint density at radius 1 is 1.50 bits per heavy atom. The normalized spacial score (nSPS) is 18.3. The van der Waals surface area contributed by atoms with Crippen LogP contribution in [-0.4, -0.2) is 27.5 Å². The van der Waals surface area contributed by atoms with Gasteiger partial charge in [0.15, 0.2) is 0 Å². The molecule has 1 unspecified atom stereocenters. The van der Waals surface area contributed by atoms with Gasteiger partial charge in [0.25, 0.3) is 0 Å². The first-order valence-corrected chi connectivity index (χ1v) is 7.82. The second-order valence-corrected chi connectivity index (χ2v) is 6.51. The van der Waals surface area contributed by atoms with Crippen molar-refractivity contribution in [1.82, 2.24) is 10.0 Å². The topological polar surface area (TPSA) is 82.0 Å². The van der Waals surface area contributed by atoms with Crippen LogP contribution in [0.15, 0.2) is 23.1 Å². The van der Waals surface area contributed by atoms with E-state index >= 15 is 0 Å². The van der Waals surface area contributed by atoms with Crippen LogP contribution in [0.25, 0.3) is 0 Å². The SMILES string of the molecule is Cl.N#Cc1c(Cl)cccc1S(=O)(=O)NCC1CCCN1. The lowest BCUT2D eigenvalue weighted by molar-refractivity contribution is 0.551. The molecule has 0 amide bonds. The van der Waals surface area contributed by atoms with E-state index in [-0.39, 0.29) is 33.9 Å². The molecule has 0 bridgehead atoms. The fourth-order valence-corrected chi connectivity index (χ4v) is 3.59. The van der Waals surface area contributed by atoms with Gasteiger partial charge in [-0.25, -0.2) is 13.1 Å². The number of benzene rings is 1. The second kappa shape index (κ2) is 7.25. The summed E-state index contributed by atoms with van der Waals surface area (Å²) in [4.78, 5) is -0.0690. The van der Waals surface area contributed by atoms with Gasteiger partial charge in [-0.3, -0.25) is 0 Å². The number of halogens is 2. The Bertz CT molecular complexity index is 608. The Hall–Kier alpha value is -0.840. The Morgan fingerprint density at radius 2 is 2.25 bits per heavy atom. The van der Waals surface area contributed by atoms with Gasteiger partial charge < -0.3 is 5.32 Å². The summed E-state index contributed by atoms with van der Waals surface area (Å²) in [5.74, 6) is 0. The molecule has 0 spiro atoms. The average molecular weight is 336 g/mol. The molecule has 1 aliphatic rings. The second-order valence-electron chi connectivity index (χ2n) is 4.37. The number of hydrogen-bond donors (Lipinski definition) is 2. The van der Waals surface area contributed by atoms with Crippen LogP contribution >= 0.6 is 24.0 Å². The molecule has 1 fully saturated rings. The van der Waals surface area contributed by atoms with Gasteiger partial charge in [-0.2, -0.15) is 5.26 Å². The number of hydrogen-bond acceptors (Lipinski definition) is 4. The molecule has 1 atom stereocenters. The van der Waals surface area contributed by atoms with Crippen LogP contribution < -0.4 is 10.0 Å². The van der Waals surface area contributed by atoms with Crippen molar-refractivity contribution >= 4 is 34.0 Å². The molecule has 2 rings (SSSR count). The van der Waals surface area contributed by atoms with Crippen LogP contribution in [0, 0.1) is 11.3 Å². The summed E-state index contributed by atoms with van der Waals surface area (Å²) in [6, 6.07) is 6.38. The third-order valence-corrected chi connectivity index (χ3v) is 4.84. The van der Waals surface area contributed by atoms with Crippen molar-refractivity contribution in [1.29, 1.82) is 5.26 Å². The molecular formula is C12H15Cl2N3O2S. The third kappa shape index (κ3) is 3.84. The van der Waals surface area contributed by atoms with Crippen molar-refractivity contribution in [3.63, 3.8) is 0 Å². The van der Waals surface area contributed by atoms with Gasteiger partial charge in [0.2, 0.25) is 10.0 Å². The first kappa shape index (κ1) is 17.2. The molecule has 0 radical (unpaired) electrons. The largest absolute Gasteiger partial charge is 0.313 e. The van der Waals surface area contributed by atoms with Gasteiger partial charge in [-0.1, -0.05) is 17.7 Å². The molecule has 5 nitrogen and oxygen atoms in total. The molecule has 110 valence electrons. The van der Waals surface area contributed by atoms with Crippen molar-refractivity contribution in [3.05, 3.63) is 28.8 Å². The lowest BCUT2D eigenvalue weighted by Gasteiger charge is -2.13. The van der Waals surface area contributed by atoms with E-state index in [4.69, 9.17) is 16.9 Å². The molecule has 1 aliphatic heterocycles. The summed E-state index contributed by atoms with van der Waals surface area (Å²) in [6.45, 7) is 1.23. The number of rotatable bonds is 4. The third-order valence-electron chi connectivity index (χ3n) is 3.06. The molecule has 0 aliphatic carbocycles. The summed E-state index contributed by atoms with van der Waals surface area (Å²) in [5.41, 5.74) is -0.0175. The fourth-order valence-electron chi connectivity index (χ4n) is 2.06. The summed E-state index contributed by atoms with van der Waals surface area (Å²) >= 11 is 5.84. The molecule has 0 saturated carbocycles. The van der Waals surface area contributed by atoms with Crippen LogP contribution in [0.4, 0.5) is 0 Å². The number of sulfonamides is 1. The highest BCUT2D eigenvalue weighted by atomic mass is 35.5. The summed E-state index contributed by atoms with van der Waals surface area (Å²) in [6.07, 6.45) is 2.00. The smallest absolute Gasteiger partial charge is 0.241 e. The maximum atomic E-state index is 12.2. The molecule has 1 aromatic carbocycles.